The van der Waals surface area contributed by atoms with E-state index in [-0.39, 0.29) is 5.75 Å². The normalized spacial score (nSPS) is 18.4. The zero-order chi connectivity index (χ0) is 16.4. The molecule has 0 saturated carbocycles. The highest BCUT2D eigenvalue weighted by atomic mass is 19.2. The number of rotatable bonds is 1. The summed E-state index contributed by atoms with van der Waals surface area (Å²) in [5.41, 5.74) is 3.61. The fraction of sp³-hybridized carbons (Fsp3) is 0.118. The number of hydrogen-bond acceptors (Lipinski definition) is 1. The number of aromatic nitrogens is 1. The molecule has 1 aromatic heterocycles. The Hall–Kier alpha value is -2.63. The molecular formula is C17H15BF2N2O. The van der Waals surface area contributed by atoms with Crippen LogP contribution >= 0.6 is 0 Å². The van der Waals surface area contributed by atoms with Crippen molar-refractivity contribution >= 4 is 18.3 Å². The third-order valence-electron chi connectivity index (χ3n) is 4.53. The van der Waals surface area contributed by atoms with Crippen molar-refractivity contribution in [3.05, 3.63) is 71.2 Å². The Kier molecular flexibility index (Phi) is 2.70. The molecule has 0 radical (unpaired) electrons. The van der Waals surface area contributed by atoms with Crippen molar-refractivity contribution in [2.75, 3.05) is 0 Å². The summed E-state index contributed by atoms with van der Waals surface area (Å²) in [6.45, 7) is -0.524. The fourth-order valence-electron chi connectivity index (χ4n) is 3.50. The zero-order valence-electron chi connectivity index (χ0n) is 12.8. The Balaban J connectivity index is 2.09. The van der Waals surface area contributed by atoms with Crippen LogP contribution in [0.25, 0.3) is 5.57 Å². The van der Waals surface area contributed by atoms with E-state index in [9.17, 15) is 5.11 Å². The van der Waals surface area contributed by atoms with Crippen LogP contribution in [0.15, 0.2) is 54.2 Å². The first kappa shape index (κ1) is 14.0. The highest BCUT2D eigenvalue weighted by Gasteiger charge is 2.53. The molecule has 2 aliphatic heterocycles. The van der Waals surface area contributed by atoms with Gasteiger partial charge in [-0.15, -0.1) is 0 Å². The van der Waals surface area contributed by atoms with Crippen LogP contribution in [0.4, 0.5) is 8.63 Å². The highest BCUT2D eigenvalue weighted by molar-refractivity contribution is 6.58. The van der Waals surface area contributed by atoms with Crippen LogP contribution < -0.4 is 0 Å². The molecule has 0 atom stereocenters. The molecule has 0 unspecified atom stereocenters. The number of nitrogens with zero attached hydrogens (tertiary/aromatic N) is 2. The summed E-state index contributed by atoms with van der Waals surface area (Å²) in [5, 5.41) is 9.50. The summed E-state index contributed by atoms with van der Waals surface area (Å²) in [6, 6.07) is 10.1. The Bertz CT molecular complexity index is 921. The average molecular weight is 312 g/mol. The van der Waals surface area contributed by atoms with Gasteiger partial charge in [0.2, 0.25) is 0 Å². The third-order valence-corrected chi connectivity index (χ3v) is 4.53. The number of halogens is 2. The number of aromatic hydroxyl groups is 1. The van der Waals surface area contributed by atoms with E-state index in [1.807, 2.05) is 0 Å². The van der Waals surface area contributed by atoms with Crippen molar-refractivity contribution in [1.29, 1.82) is 0 Å². The predicted molar refractivity (Wildman–Crippen MR) is 86.7 cm³/mol. The smallest absolute Gasteiger partial charge is 0.508 e. The molecule has 116 valence electrons. The van der Waals surface area contributed by atoms with E-state index in [0.717, 1.165) is 20.1 Å². The number of phenolic OH excluding ortho intramolecular Hbond substituents is 1. The second kappa shape index (κ2) is 4.44. The second-order valence-corrected chi connectivity index (χ2v) is 5.97. The van der Waals surface area contributed by atoms with Gasteiger partial charge in [-0.2, -0.15) is 0 Å². The van der Waals surface area contributed by atoms with E-state index < -0.39 is 6.97 Å². The molecule has 0 aliphatic carbocycles. The zero-order valence-corrected chi connectivity index (χ0v) is 12.8. The predicted octanol–water partition coefficient (Wildman–Crippen LogP) is 3.54. The topological polar surface area (TPSA) is 28.2 Å². The molecule has 2 aromatic rings. The maximum absolute atomic E-state index is 15.1. The molecule has 4 rings (SSSR count). The van der Waals surface area contributed by atoms with Gasteiger partial charge < -0.3 is 22.7 Å². The van der Waals surface area contributed by atoms with Gasteiger partial charge in [-0.3, -0.25) is 0 Å². The van der Waals surface area contributed by atoms with Crippen LogP contribution in [0.3, 0.4) is 0 Å². The molecule has 0 amide bonds. The van der Waals surface area contributed by atoms with Crippen molar-refractivity contribution in [2.45, 2.75) is 13.8 Å². The Morgan fingerprint density at radius 3 is 2.39 bits per heavy atom. The van der Waals surface area contributed by atoms with Crippen LogP contribution in [0.2, 0.25) is 0 Å². The van der Waals surface area contributed by atoms with Crippen molar-refractivity contribution in [3.63, 3.8) is 0 Å². The van der Waals surface area contributed by atoms with Gasteiger partial charge in [0.05, 0.1) is 5.57 Å². The largest absolute Gasteiger partial charge is 0.737 e. The lowest BCUT2D eigenvalue weighted by Crippen LogP contribution is -2.51. The van der Waals surface area contributed by atoms with E-state index in [4.69, 9.17) is 0 Å². The van der Waals surface area contributed by atoms with E-state index >= 15 is 8.63 Å². The maximum Gasteiger partial charge on any atom is 0.737 e. The van der Waals surface area contributed by atoms with E-state index in [1.54, 1.807) is 62.4 Å². The standard InChI is InChI=1S/C17H15BF2N2O/c1-11-3-9-15-17(13-5-7-14(23)8-6-13)16-10-4-12(2)22(16)18(19,20)21(11)15/h3-10,23H,1-2H3. The van der Waals surface area contributed by atoms with E-state index in [2.05, 4.69) is 0 Å². The van der Waals surface area contributed by atoms with Crippen molar-refractivity contribution in [3.8, 4) is 5.75 Å². The SMILES string of the molecule is CC1=[N+]2C(=C(c3ccc(O)cc3)c3ccc(C)n3[B-]2(F)F)C=C1. The molecule has 6 heteroatoms. The third kappa shape index (κ3) is 1.78. The van der Waals surface area contributed by atoms with Crippen molar-refractivity contribution in [1.82, 2.24) is 4.48 Å². The molecule has 1 N–H and O–H groups in total. The number of aryl methyl sites for hydroxylation is 1. The molecule has 0 bridgehead atoms. The van der Waals surface area contributed by atoms with Gasteiger partial charge in [0, 0.05) is 24.8 Å². The molecule has 0 saturated heterocycles. The summed E-state index contributed by atoms with van der Waals surface area (Å²) in [5.74, 6) is 0.151. The van der Waals surface area contributed by atoms with Gasteiger partial charge in [0.1, 0.15) is 11.5 Å². The minimum atomic E-state index is -3.91. The van der Waals surface area contributed by atoms with Gasteiger partial charge in [0.25, 0.3) is 0 Å². The van der Waals surface area contributed by atoms with Crippen molar-refractivity contribution < 1.29 is 18.2 Å². The average Bonchev–Trinajstić information content (AvgIpc) is 3.06. The lowest BCUT2D eigenvalue weighted by molar-refractivity contribution is -0.362. The van der Waals surface area contributed by atoms with Gasteiger partial charge in [-0.05, 0) is 42.4 Å². The first-order valence-corrected chi connectivity index (χ1v) is 7.46. The van der Waals surface area contributed by atoms with Crippen LogP contribution in [-0.2, 0) is 0 Å². The lowest BCUT2D eigenvalue weighted by atomic mass is 9.86. The molecule has 0 spiro atoms. The Morgan fingerprint density at radius 2 is 1.70 bits per heavy atom. The number of phenols is 1. The molecule has 2 aliphatic rings. The quantitative estimate of drug-likeness (QED) is 0.802. The van der Waals surface area contributed by atoms with Crippen LogP contribution in [0.5, 0.6) is 5.75 Å². The van der Waals surface area contributed by atoms with Crippen LogP contribution in [0.1, 0.15) is 23.9 Å². The first-order chi connectivity index (χ1) is 10.9. The van der Waals surface area contributed by atoms with E-state index in [0.29, 0.717) is 22.8 Å². The summed E-state index contributed by atoms with van der Waals surface area (Å²) in [7, 11) is 0. The molecule has 0 fully saturated rings. The molecular weight excluding hydrogens is 297 g/mol. The number of hydrogen-bond donors (Lipinski definition) is 1. The molecule has 1 aromatic carbocycles. The minimum absolute atomic E-state index is 0.151. The molecule has 3 heterocycles. The minimum Gasteiger partial charge on any atom is -0.508 e. The number of benzene rings is 1. The first-order valence-electron chi connectivity index (χ1n) is 7.46. The number of fused-ring (bicyclic) bond motifs is 2. The maximum atomic E-state index is 15.1. The summed E-state index contributed by atoms with van der Waals surface area (Å²) in [6.07, 6.45) is 3.45. The fourth-order valence-corrected chi connectivity index (χ4v) is 3.50. The van der Waals surface area contributed by atoms with Gasteiger partial charge >= 0.3 is 6.97 Å². The molecule has 3 nitrogen and oxygen atoms in total. The highest BCUT2D eigenvalue weighted by Crippen LogP contribution is 2.40. The summed E-state index contributed by atoms with van der Waals surface area (Å²) >= 11 is 0. The van der Waals surface area contributed by atoms with Crippen LogP contribution in [0, 0.1) is 6.92 Å². The summed E-state index contributed by atoms with van der Waals surface area (Å²) < 4.78 is 32.4. The van der Waals surface area contributed by atoms with Gasteiger partial charge in [-0.1, -0.05) is 12.1 Å². The van der Waals surface area contributed by atoms with Crippen LogP contribution in [-0.4, -0.2) is 26.8 Å². The van der Waals surface area contributed by atoms with Gasteiger partial charge in [-0.25, -0.2) is 0 Å². The van der Waals surface area contributed by atoms with Crippen molar-refractivity contribution in [2.24, 2.45) is 0 Å². The van der Waals surface area contributed by atoms with Gasteiger partial charge in [0.15, 0.2) is 5.70 Å². The Morgan fingerprint density at radius 1 is 1.00 bits per heavy atom. The van der Waals surface area contributed by atoms with E-state index in [1.165, 1.54) is 0 Å². The number of allylic oxidation sites excluding steroid dienone is 2. The summed E-state index contributed by atoms with van der Waals surface area (Å²) in [4.78, 5) is 0. The monoisotopic (exact) mass is 312 g/mol. The molecule has 23 heavy (non-hydrogen) atoms. The second-order valence-electron chi connectivity index (χ2n) is 5.97. The lowest BCUT2D eigenvalue weighted by Gasteiger charge is -2.32. The Labute approximate surface area is 132 Å².